The van der Waals surface area contributed by atoms with Crippen LogP contribution in [0.2, 0.25) is 16.6 Å². The smallest absolute Gasteiger partial charge is 0.200 e. The maximum Gasteiger partial charge on any atom is 0.200 e. The molecule has 160 valence electrons. The van der Waals surface area contributed by atoms with Gasteiger partial charge in [-0.2, -0.15) is 0 Å². The SMILES string of the molecule is CCc1ccc(C(O)c2cc(Br)ccc2CO[Si](C(C)C)(C(C)C)C(C)C)cc1. The Morgan fingerprint density at radius 2 is 1.45 bits per heavy atom. The topological polar surface area (TPSA) is 29.5 Å². The number of halogens is 1. The third-order valence-corrected chi connectivity index (χ3v) is 12.8. The van der Waals surface area contributed by atoms with E-state index in [2.05, 4.69) is 82.6 Å². The van der Waals surface area contributed by atoms with E-state index in [9.17, 15) is 5.11 Å². The van der Waals surface area contributed by atoms with Gasteiger partial charge in [-0.1, -0.05) is 94.7 Å². The summed E-state index contributed by atoms with van der Waals surface area (Å²) in [6, 6.07) is 14.4. The summed E-state index contributed by atoms with van der Waals surface area (Å²) in [4.78, 5) is 0. The average Bonchev–Trinajstić information content (AvgIpc) is 2.68. The molecule has 0 aromatic heterocycles. The lowest BCUT2D eigenvalue weighted by atomic mass is 9.96. The number of aryl methyl sites for hydroxylation is 1. The van der Waals surface area contributed by atoms with Crippen LogP contribution >= 0.6 is 15.9 Å². The van der Waals surface area contributed by atoms with Crippen molar-refractivity contribution < 1.29 is 9.53 Å². The van der Waals surface area contributed by atoms with Crippen molar-refractivity contribution in [3.63, 3.8) is 0 Å². The molecule has 0 aliphatic rings. The van der Waals surface area contributed by atoms with Crippen LogP contribution in [0.4, 0.5) is 0 Å². The van der Waals surface area contributed by atoms with E-state index in [-0.39, 0.29) is 0 Å². The summed E-state index contributed by atoms with van der Waals surface area (Å²) in [7, 11) is -1.97. The number of hydrogen-bond acceptors (Lipinski definition) is 2. The fraction of sp³-hybridized carbons (Fsp3) is 0.520. The van der Waals surface area contributed by atoms with Crippen molar-refractivity contribution in [2.75, 3.05) is 0 Å². The van der Waals surface area contributed by atoms with E-state index in [0.717, 1.165) is 27.6 Å². The standard InChI is InChI=1S/C25H37BrO2Si/c1-8-20-9-11-21(12-10-20)25(27)24-15-23(26)14-13-22(24)16-28-29(17(2)3,18(4)5)19(6)7/h9-15,17-19,25,27H,8,16H2,1-7H3. The van der Waals surface area contributed by atoms with Crippen LogP contribution in [0.15, 0.2) is 46.9 Å². The Hall–Kier alpha value is -0.943. The van der Waals surface area contributed by atoms with Crippen molar-refractivity contribution in [1.29, 1.82) is 0 Å². The van der Waals surface area contributed by atoms with Gasteiger partial charge < -0.3 is 9.53 Å². The average molecular weight is 478 g/mol. The molecule has 0 spiro atoms. The van der Waals surface area contributed by atoms with E-state index >= 15 is 0 Å². The molecule has 1 N–H and O–H groups in total. The van der Waals surface area contributed by atoms with Crippen LogP contribution in [-0.2, 0) is 17.5 Å². The van der Waals surface area contributed by atoms with E-state index in [4.69, 9.17) is 4.43 Å². The highest BCUT2D eigenvalue weighted by Crippen LogP contribution is 2.43. The molecule has 0 amide bonds. The summed E-state index contributed by atoms with van der Waals surface area (Å²) in [6.07, 6.45) is 0.337. The van der Waals surface area contributed by atoms with Crippen molar-refractivity contribution in [3.05, 3.63) is 69.2 Å². The minimum atomic E-state index is -1.97. The molecule has 1 unspecified atom stereocenters. The van der Waals surface area contributed by atoms with Gasteiger partial charge >= 0.3 is 0 Å². The Balaban J connectivity index is 2.36. The second-order valence-electron chi connectivity index (χ2n) is 8.95. The van der Waals surface area contributed by atoms with Gasteiger partial charge in [0.25, 0.3) is 0 Å². The normalized spacial score (nSPS) is 13.5. The second kappa shape index (κ2) is 10.4. The Kier molecular flexibility index (Phi) is 8.71. The van der Waals surface area contributed by atoms with Crippen LogP contribution < -0.4 is 0 Å². The minimum absolute atomic E-state index is 0.535. The monoisotopic (exact) mass is 476 g/mol. The van der Waals surface area contributed by atoms with Crippen molar-refractivity contribution in [3.8, 4) is 0 Å². The lowest BCUT2D eigenvalue weighted by molar-refractivity contribution is 0.212. The highest BCUT2D eigenvalue weighted by Gasteiger charge is 2.45. The first-order valence-electron chi connectivity index (χ1n) is 10.8. The first-order chi connectivity index (χ1) is 13.6. The summed E-state index contributed by atoms with van der Waals surface area (Å²) in [6.45, 7) is 16.5. The minimum Gasteiger partial charge on any atom is -0.412 e. The highest BCUT2D eigenvalue weighted by atomic mass is 79.9. The van der Waals surface area contributed by atoms with Crippen molar-refractivity contribution in [2.24, 2.45) is 0 Å². The molecule has 0 saturated heterocycles. The first kappa shape index (κ1) is 24.3. The third-order valence-electron chi connectivity index (χ3n) is 6.29. The van der Waals surface area contributed by atoms with Gasteiger partial charge in [0.05, 0.1) is 6.61 Å². The van der Waals surface area contributed by atoms with Gasteiger partial charge in [0.1, 0.15) is 6.10 Å². The third kappa shape index (κ3) is 5.41. The van der Waals surface area contributed by atoms with E-state index in [1.54, 1.807) is 0 Å². The molecule has 1 atom stereocenters. The quantitative estimate of drug-likeness (QED) is 0.374. The predicted octanol–water partition coefficient (Wildman–Crippen LogP) is 7.79. The van der Waals surface area contributed by atoms with Gasteiger partial charge in [-0.3, -0.25) is 0 Å². The molecule has 0 heterocycles. The number of aliphatic hydroxyl groups is 1. The molecule has 29 heavy (non-hydrogen) atoms. The molecule has 2 rings (SSSR count). The number of benzene rings is 2. The Labute approximate surface area is 187 Å². The predicted molar refractivity (Wildman–Crippen MR) is 130 cm³/mol. The summed E-state index contributed by atoms with van der Waals surface area (Å²) >= 11 is 3.58. The van der Waals surface area contributed by atoms with Crippen LogP contribution in [0.1, 0.15) is 76.8 Å². The van der Waals surface area contributed by atoms with Gasteiger partial charge in [-0.15, -0.1) is 0 Å². The molecule has 0 saturated carbocycles. The van der Waals surface area contributed by atoms with Crippen LogP contribution in [0.25, 0.3) is 0 Å². The van der Waals surface area contributed by atoms with Gasteiger partial charge in [-0.25, -0.2) is 0 Å². The summed E-state index contributed by atoms with van der Waals surface area (Å²) in [5, 5.41) is 11.2. The highest BCUT2D eigenvalue weighted by molar-refractivity contribution is 9.10. The molecular formula is C25H37BrO2Si. The molecule has 2 aromatic carbocycles. The van der Waals surface area contributed by atoms with E-state index in [1.807, 2.05) is 24.3 Å². The van der Waals surface area contributed by atoms with Crippen LogP contribution in [0.3, 0.4) is 0 Å². The Bertz CT molecular complexity index is 762. The lowest BCUT2D eigenvalue weighted by Gasteiger charge is -2.42. The zero-order valence-corrected chi connectivity index (χ0v) is 21.6. The Morgan fingerprint density at radius 1 is 0.897 bits per heavy atom. The van der Waals surface area contributed by atoms with Crippen LogP contribution in [-0.4, -0.2) is 13.4 Å². The molecule has 0 aliphatic carbocycles. The van der Waals surface area contributed by atoms with E-state index < -0.39 is 14.4 Å². The number of hydrogen-bond donors (Lipinski definition) is 1. The summed E-state index contributed by atoms with van der Waals surface area (Å²) < 4.78 is 7.79. The molecule has 0 bridgehead atoms. The number of aliphatic hydroxyl groups excluding tert-OH is 1. The van der Waals surface area contributed by atoms with Gasteiger partial charge in [0, 0.05) is 4.47 Å². The van der Waals surface area contributed by atoms with Crippen LogP contribution in [0.5, 0.6) is 0 Å². The zero-order chi connectivity index (χ0) is 21.8. The van der Waals surface area contributed by atoms with Gasteiger partial charge in [-0.05, 0) is 57.4 Å². The summed E-state index contributed by atoms with van der Waals surface area (Å²) in [5.41, 5.74) is 5.79. The first-order valence-corrected chi connectivity index (χ1v) is 13.8. The molecule has 0 aliphatic heterocycles. The van der Waals surface area contributed by atoms with Crippen LogP contribution in [0, 0.1) is 0 Å². The maximum absolute atomic E-state index is 11.2. The van der Waals surface area contributed by atoms with Gasteiger partial charge in [0.2, 0.25) is 8.32 Å². The van der Waals surface area contributed by atoms with Crippen molar-refractivity contribution in [1.82, 2.24) is 0 Å². The molecule has 2 nitrogen and oxygen atoms in total. The fourth-order valence-corrected chi connectivity index (χ4v) is 10.6. The molecule has 4 heteroatoms. The molecule has 2 aromatic rings. The number of rotatable bonds is 9. The molecule has 0 radical (unpaired) electrons. The van der Waals surface area contributed by atoms with E-state index in [1.165, 1.54) is 5.56 Å². The van der Waals surface area contributed by atoms with Gasteiger partial charge in [0.15, 0.2) is 0 Å². The molecular weight excluding hydrogens is 440 g/mol. The van der Waals surface area contributed by atoms with Crippen molar-refractivity contribution in [2.45, 2.75) is 84.2 Å². The summed E-state index contributed by atoms with van der Waals surface area (Å²) in [5.74, 6) is 0. The lowest BCUT2D eigenvalue weighted by Crippen LogP contribution is -2.47. The molecule has 0 fully saturated rings. The second-order valence-corrected chi connectivity index (χ2v) is 15.3. The fourth-order valence-electron chi connectivity index (χ4n) is 4.77. The maximum atomic E-state index is 11.2. The Morgan fingerprint density at radius 3 is 1.93 bits per heavy atom. The zero-order valence-electron chi connectivity index (χ0n) is 19.0. The van der Waals surface area contributed by atoms with E-state index in [0.29, 0.717) is 23.2 Å². The largest absolute Gasteiger partial charge is 0.412 e. The van der Waals surface area contributed by atoms with Crippen molar-refractivity contribution >= 4 is 24.2 Å².